The van der Waals surface area contributed by atoms with Crippen LogP contribution in [0, 0.1) is 5.82 Å². The predicted molar refractivity (Wildman–Crippen MR) is 68.3 cm³/mol. The molecule has 0 unspecified atom stereocenters. The Balaban J connectivity index is 2.24. The molecule has 6 heteroatoms. The minimum absolute atomic E-state index is 0.195. The second-order valence-electron chi connectivity index (χ2n) is 4.00. The van der Waals surface area contributed by atoms with Crippen LogP contribution in [0.3, 0.4) is 0 Å². The molecule has 1 heterocycles. The van der Waals surface area contributed by atoms with Crippen LogP contribution in [0.25, 0.3) is 11.1 Å². The molecule has 98 valence electrons. The van der Waals surface area contributed by atoms with Crippen molar-refractivity contribution in [1.29, 1.82) is 0 Å². The number of hydrogen-bond donors (Lipinski definition) is 1. The van der Waals surface area contributed by atoms with Crippen molar-refractivity contribution in [3.05, 3.63) is 42.5 Å². The van der Waals surface area contributed by atoms with Gasteiger partial charge in [0.25, 0.3) is 0 Å². The summed E-state index contributed by atoms with van der Waals surface area (Å²) in [6.45, 7) is -0.195. The van der Waals surface area contributed by atoms with Gasteiger partial charge in [-0.2, -0.15) is 0 Å². The molecule has 2 aromatic rings. The van der Waals surface area contributed by atoms with Crippen molar-refractivity contribution in [1.82, 2.24) is 9.97 Å². The van der Waals surface area contributed by atoms with Gasteiger partial charge in [-0.15, -0.1) is 0 Å². The summed E-state index contributed by atoms with van der Waals surface area (Å²) in [5.41, 5.74) is 0.959. The van der Waals surface area contributed by atoms with Crippen LogP contribution in [-0.4, -0.2) is 34.6 Å². The number of aromatic nitrogens is 2. The van der Waals surface area contributed by atoms with E-state index >= 15 is 0 Å². The van der Waals surface area contributed by atoms with E-state index < -0.39 is 5.97 Å². The predicted octanol–water partition coefficient (Wildman–Crippen LogP) is 1.80. The minimum Gasteiger partial charge on any atom is -0.480 e. The first-order valence-electron chi connectivity index (χ1n) is 5.58. The van der Waals surface area contributed by atoms with Gasteiger partial charge < -0.3 is 10.0 Å². The number of nitrogens with zero attached hydrogens (tertiary/aromatic N) is 3. The number of carboxylic acids is 1. The number of anilines is 1. The van der Waals surface area contributed by atoms with E-state index in [9.17, 15) is 9.18 Å². The third-order valence-corrected chi connectivity index (χ3v) is 2.54. The Morgan fingerprint density at radius 2 is 1.95 bits per heavy atom. The van der Waals surface area contributed by atoms with E-state index in [1.54, 1.807) is 25.2 Å². The Morgan fingerprint density at radius 3 is 2.53 bits per heavy atom. The number of carboxylic acid groups (broad SMARTS) is 1. The fraction of sp³-hybridized carbons (Fsp3) is 0.154. The summed E-state index contributed by atoms with van der Waals surface area (Å²) in [5.74, 6) is -1.04. The van der Waals surface area contributed by atoms with Crippen LogP contribution in [0.2, 0.25) is 0 Å². The number of rotatable bonds is 4. The molecule has 2 rings (SSSR count). The summed E-state index contributed by atoms with van der Waals surface area (Å²) in [5, 5.41) is 8.67. The first kappa shape index (κ1) is 12.9. The molecule has 0 saturated carbocycles. The zero-order valence-electron chi connectivity index (χ0n) is 10.2. The van der Waals surface area contributed by atoms with E-state index in [0.717, 1.165) is 0 Å². The Morgan fingerprint density at radius 1 is 1.32 bits per heavy atom. The van der Waals surface area contributed by atoms with Crippen molar-refractivity contribution in [2.45, 2.75) is 0 Å². The fourth-order valence-corrected chi connectivity index (χ4v) is 1.63. The van der Waals surface area contributed by atoms with E-state index in [-0.39, 0.29) is 18.3 Å². The van der Waals surface area contributed by atoms with Gasteiger partial charge in [0, 0.05) is 30.6 Å². The zero-order valence-corrected chi connectivity index (χ0v) is 10.2. The van der Waals surface area contributed by atoms with Crippen LogP contribution in [0.1, 0.15) is 0 Å². The summed E-state index contributed by atoms with van der Waals surface area (Å²) >= 11 is 0. The molecule has 0 aliphatic carbocycles. The maximum absolute atomic E-state index is 13.6. The monoisotopic (exact) mass is 261 g/mol. The van der Waals surface area contributed by atoms with Crippen molar-refractivity contribution in [3.63, 3.8) is 0 Å². The molecule has 0 radical (unpaired) electrons. The highest BCUT2D eigenvalue weighted by Gasteiger charge is 2.10. The number of aliphatic carboxylic acids is 1. The van der Waals surface area contributed by atoms with Crippen LogP contribution in [0.15, 0.2) is 36.7 Å². The molecule has 1 aromatic heterocycles. The van der Waals surface area contributed by atoms with E-state index in [2.05, 4.69) is 9.97 Å². The van der Waals surface area contributed by atoms with Crippen LogP contribution >= 0.6 is 0 Å². The minimum atomic E-state index is -0.968. The van der Waals surface area contributed by atoms with Crippen LogP contribution in [-0.2, 0) is 4.79 Å². The molecule has 0 aliphatic heterocycles. The molecule has 0 aliphatic rings. The molecular formula is C13H12FN3O2. The topological polar surface area (TPSA) is 66.3 Å². The first-order chi connectivity index (χ1) is 9.08. The third kappa shape index (κ3) is 3.04. The lowest BCUT2D eigenvalue weighted by atomic mass is 10.1. The van der Waals surface area contributed by atoms with Crippen molar-refractivity contribution in [2.75, 3.05) is 18.5 Å². The summed E-state index contributed by atoms with van der Waals surface area (Å²) in [6, 6.07) is 6.33. The number of hydrogen-bond acceptors (Lipinski definition) is 4. The quantitative estimate of drug-likeness (QED) is 0.909. The Bertz CT molecular complexity index is 587. The lowest BCUT2D eigenvalue weighted by Gasteiger charge is -2.14. The lowest BCUT2D eigenvalue weighted by molar-refractivity contribution is -0.135. The van der Waals surface area contributed by atoms with E-state index in [4.69, 9.17) is 5.11 Å². The van der Waals surface area contributed by atoms with Crippen molar-refractivity contribution in [2.24, 2.45) is 0 Å². The van der Waals surface area contributed by atoms with Crippen LogP contribution < -0.4 is 4.90 Å². The van der Waals surface area contributed by atoms with Gasteiger partial charge in [-0.25, -0.2) is 14.4 Å². The van der Waals surface area contributed by atoms with Gasteiger partial charge in [0.1, 0.15) is 12.4 Å². The molecule has 0 fully saturated rings. The molecule has 0 bridgehead atoms. The molecular weight excluding hydrogens is 249 g/mol. The normalized spacial score (nSPS) is 10.2. The Kier molecular flexibility index (Phi) is 3.70. The Hall–Kier alpha value is -2.50. The highest BCUT2D eigenvalue weighted by atomic mass is 19.1. The van der Waals surface area contributed by atoms with Crippen molar-refractivity contribution < 1.29 is 14.3 Å². The highest BCUT2D eigenvalue weighted by molar-refractivity contribution is 5.72. The summed E-state index contributed by atoms with van der Waals surface area (Å²) in [6.07, 6.45) is 2.94. The molecule has 19 heavy (non-hydrogen) atoms. The highest BCUT2D eigenvalue weighted by Crippen LogP contribution is 2.21. The number of likely N-dealkylation sites (N-methyl/N-ethyl adjacent to an activating group) is 1. The SMILES string of the molecule is CN(CC(=O)O)c1ncc(-c2ccccc2F)cn1. The molecule has 0 atom stereocenters. The molecule has 0 amide bonds. The first-order valence-corrected chi connectivity index (χ1v) is 5.58. The van der Waals surface area contributed by atoms with Gasteiger partial charge in [-0.3, -0.25) is 4.79 Å². The summed E-state index contributed by atoms with van der Waals surface area (Å²) in [7, 11) is 1.58. The van der Waals surface area contributed by atoms with Crippen molar-refractivity contribution in [3.8, 4) is 11.1 Å². The second kappa shape index (κ2) is 5.43. The number of halogens is 1. The van der Waals surface area contributed by atoms with Gasteiger partial charge >= 0.3 is 5.97 Å². The zero-order chi connectivity index (χ0) is 13.8. The maximum atomic E-state index is 13.6. The fourth-order valence-electron chi connectivity index (χ4n) is 1.63. The van der Waals surface area contributed by atoms with Gasteiger partial charge in [0.15, 0.2) is 0 Å². The molecule has 1 N–H and O–H groups in total. The van der Waals surface area contributed by atoms with Gasteiger partial charge in [-0.1, -0.05) is 18.2 Å². The standard InChI is InChI=1S/C13H12FN3O2/c1-17(8-12(18)19)13-15-6-9(7-16-13)10-4-2-3-5-11(10)14/h2-7H,8H2,1H3,(H,18,19). The van der Waals surface area contributed by atoms with Crippen molar-refractivity contribution >= 4 is 11.9 Å². The second-order valence-corrected chi connectivity index (χ2v) is 4.00. The smallest absolute Gasteiger partial charge is 0.323 e. The lowest BCUT2D eigenvalue weighted by Crippen LogP contribution is -2.26. The van der Waals surface area contributed by atoms with Gasteiger partial charge in [-0.05, 0) is 6.07 Å². The molecule has 0 spiro atoms. The largest absolute Gasteiger partial charge is 0.480 e. The van der Waals surface area contributed by atoms with Gasteiger partial charge in [0.05, 0.1) is 0 Å². The van der Waals surface area contributed by atoms with Crippen LogP contribution in [0.5, 0.6) is 0 Å². The van der Waals surface area contributed by atoms with Crippen LogP contribution in [0.4, 0.5) is 10.3 Å². The molecule has 0 saturated heterocycles. The average molecular weight is 261 g/mol. The maximum Gasteiger partial charge on any atom is 0.323 e. The average Bonchev–Trinajstić information content (AvgIpc) is 2.39. The molecule has 5 nitrogen and oxygen atoms in total. The van der Waals surface area contributed by atoms with E-state index in [0.29, 0.717) is 11.1 Å². The Labute approximate surface area is 109 Å². The number of benzene rings is 1. The number of carbonyl (C=O) groups is 1. The third-order valence-electron chi connectivity index (χ3n) is 2.54. The summed E-state index contributed by atoms with van der Waals surface area (Å²) < 4.78 is 13.6. The van der Waals surface area contributed by atoms with E-state index in [1.165, 1.54) is 23.4 Å². The summed E-state index contributed by atoms with van der Waals surface area (Å²) in [4.78, 5) is 20.0. The van der Waals surface area contributed by atoms with E-state index in [1.807, 2.05) is 0 Å². The molecule has 1 aromatic carbocycles. The van der Waals surface area contributed by atoms with Gasteiger partial charge in [0.2, 0.25) is 5.95 Å².